The molecule has 0 saturated heterocycles. The number of hydrogen-bond donors (Lipinski definition) is 0. The summed E-state index contributed by atoms with van der Waals surface area (Å²) < 4.78 is 27.0. The summed E-state index contributed by atoms with van der Waals surface area (Å²) >= 11 is 9.05. The number of nitrogens with zero attached hydrogens (tertiary/aromatic N) is 1. The molecule has 1 rings (SSSR count). The lowest BCUT2D eigenvalue weighted by molar-refractivity contribution is 0.427. The van der Waals surface area contributed by atoms with Crippen LogP contribution in [0, 0.1) is 0 Å². The minimum Gasteiger partial charge on any atom is -0.207 e. The van der Waals surface area contributed by atoms with Crippen molar-refractivity contribution in [2.75, 3.05) is 13.1 Å². The van der Waals surface area contributed by atoms with Gasteiger partial charge in [-0.15, -0.1) is 11.6 Å². The summed E-state index contributed by atoms with van der Waals surface area (Å²) in [7, 11) is -3.45. The van der Waals surface area contributed by atoms with Crippen molar-refractivity contribution in [2.24, 2.45) is 0 Å². The van der Waals surface area contributed by atoms with Crippen LogP contribution in [0.25, 0.3) is 0 Å². The highest BCUT2D eigenvalue weighted by Crippen LogP contribution is 2.26. The van der Waals surface area contributed by atoms with Crippen molar-refractivity contribution in [3.8, 4) is 0 Å². The summed E-state index contributed by atoms with van der Waals surface area (Å²) in [4.78, 5) is 0.288. The lowest BCUT2D eigenvalue weighted by atomic mass is 10.2. The van der Waals surface area contributed by atoms with Crippen LogP contribution >= 0.6 is 27.5 Å². The van der Waals surface area contributed by atoms with E-state index in [0.29, 0.717) is 23.4 Å². The molecule has 0 saturated carbocycles. The molecule has 102 valence electrons. The third kappa shape index (κ3) is 3.47. The Kier molecular flexibility index (Phi) is 6.11. The molecule has 0 spiro atoms. The van der Waals surface area contributed by atoms with Crippen molar-refractivity contribution in [1.29, 1.82) is 0 Å². The zero-order valence-corrected chi connectivity index (χ0v) is 13.6. The second-order valence-electron chi connectivity index (χ2n) is 3.90. The monoisotopic (exact) mass is 353 g/mol. The fourth-order valence-electron chi connectivity index (χ4n) is 1.67. The molecule has 0 atom stereocenters. The first kappa shape index (κ1) is 16.0. The van der Waals surface area contributed by atoms with Crippen LogP contribution in [0.3, 0.4) is 0 Å². The molecule has 0 amide bonds. The number of benzene rings is 1. The van der Waals surface area contributed by atoms with Gasteiger partial charge in [0.2, 0.25) is 10.0 Å². The van der Waals surface area contributed by atoms with E-state index in [-0.39, 0.29) is 4.90 Å². The Labute approximate surface area is 122 Å². The van der Waals surface area contributed by atoms with Crippen molar-refractivity contribution in [2.45, 2.75) is 31.0 Å². The van der Waals surface area contributed by atoms with E-state index in [1.165, 1.54) is 4.31 Å². The van der Waals surface area contributed by atoms with Crippen molar-refractivity contribution in [3.63, 3.8) is 0 Å². The molecule has 18 heavy (non-hydrogen) atoms. The Bertz CT molecular complexity index is 505. The van der Waals surface area contributed by atoms with Gasteiger partial charge in [0.05, 0.1) is 4.90 Å². The maximum Gasteiger partial charge on any atom is 0.244 e. The molecule has 3 nitrogen and oxygen atoms in total. The average Bonchev–Trinajstić information content (AvgIpc) is 2.36. The highest BCUT2D eigenvalue weighted by Gasteiger charge is 2.24. The topological polar surface area (TPSA) is 37.4 Å². The maximum absolute atomic E-state index is 12.5. The molecule has 0 fully saturated rings. The van der Waals surface area contributed by atoms with E-state index in [1.807, 2.05) is 19.9 Å². The lowest BCUT2D eigenvalue weighted by Crippen LogP contribution is -2.31. The van der Waals surface area contributed by atoms with Crippen LogP contribution in [-0.4, -0.2) is 25.8 Å². The van der Waals surface area contributed by atoms with Gasteiger partial charge >= 0.3 is 0 Å². The van der Waals surface area contributed by atoms with E-state index in [2.05, 4.69) is 15.9 Å². The Balaban J connectivity index is 3.26. The Morgan fingerprint density at radius 2 is 2.00 bits per heavy atom. The molecule has 0 N–H and O–H groups in total. The first-order valence-corrected chi connectivity index (χ1v) is 8.58. The second kappa shape index (κ2) is 6.89. The first-order valence-electron chi connectivity index (χ1n) is 5.81. The molecule has 0 aromatic heterocycles. The minimum atomic E-state index is -3.45. The number of alkyl halides is 1. The van der Waals surface area contributed by atoms with Gasteiger partial charge in [-0.05, 0) is 40.0 Å². The minimum absolute atomic E-state index is 0.288. The van der Waals surface area contributed by atoms with Crippen LogP contribution in [0.1, 0.15) is 25.8 Å². The Hall–Kier alpha value is -0.100. The van der Waals surface area contributed by atoms with Crippen LogP contribution in [-0.2, 0) is 15.9 Å². The third-order valence-corrected chi connectivity index (χ3v) is 5.87. The summed E-state index contributed by atoms with van der Waals surface area (Å²) in [6, 6.07) is 5.17. The standard InChI is InChI=1S/C12H17BrClNO2S/c1-3-7-15(4-2)18(16,17)12-8-10(9-14)5-6-11(12)13/h5-6,8H,3-4,7,9H2,1-2H3. The SMILES string of the molecule is CCCN(CC)S(=O)(=O)c1cc(CCl)ccc1Br. The van der Waals surface area contributed by atoms with Gasteiger partial charge in [0.25, 0.3) is 0 Å². The second-order valence-corrected chi connectivity index (χ2v) is 6.92. The summed E-state index contributed by atoms with van der Waals surface area (Å²) in [5, 5.41) is 0. The average molecular weight is 355 g/mol. The van der Waals surface area contributed by atoms with Crippen LogP contribution < -0.4 is 0 Å². The van der Waals surface area contributed by atoms with Crippen molar-refractivity contribution in [3.05, 3.63) is 28.2 Å². The van der Waals surface area contributed by atoms with Crippen LogP contribution in [0.2, 0.25) is 0 Å². The summed E-state index contributed by atoms with van der Waals surface area (Å²) in [5.41, 5.74) is 0.797. The Morgan fingerprint density at radius 3 is 2.50 bits per heavy atom. The van der Waals surface area contributed by atoms with E-state index >= 15 is 0 Å². The normalized spacial score (nSPS) is 12.1. The number of rotatable bonds is 6. The predicted octanol–water partition coefficient (Wildman–Crippen LogP) is 3.61. The molecule has 1 aromatic carbocycles. The smallest absolute Gasteiger partial charge is 0.207 e. The largest absolute Gasteiger partial charge is 0.244 e. The van der Waals surface area contributed by atoms with Crippen LogP contribution in [0.4, 0.5) is 0 Å². The van der Waals surface area contributed by atoms with Crippen LogP contribution in [0.15, 0.2) is 27.6 Å². The summed E-state index contributed by atoms with van der Waals surface area (Å²) in [5.74, 6) is 0.301. The lowest BCUT2D eigenvalue weighted by Gasteiger charge is -2.20. The highest BCUT2D eigenvalue weighted by molar-refractivity contribution is 9.10. The fourth-order valence-corrected chi connectivity index (χ4v) is 4.35. The van der Waals surface area contributed by atoms with Crippen molar-refractivity contribution in [1.82, 2.24) is 4.31 Å². The van der Waals surface area contributed by atoms with Gasteiger partial charge < -0.3 is 0 Å². The molecule has 0 aliphatic rings. The van der Waals surface area contributed by atoms with Crippen LogP contribution in [0.5, 0.6) is 0 Å². The molecule has 0 unspecified atom stereocenters. The maximum atomic E-state index is 12.5. The van der Waals surface area contributed by atoms with Crippen molar-refractivity contribution >= 4 is 37.6 Å². The molecule has 0 aliphatic heterocycles. The Morgan fingerprint density at radius 1 is 1.33 bits per heavy atom. The molecular formula is C12H17BrClNO2S. The van der Waals surface area contributed by atoms with Gasteiger partial charge in [0, 0.05) is 23.4 Å². The van der Waals surface area contributed by atoms with Crippen molar-refractivity contribution < 1.29 is 8.42 Å². The summed E-state index contributed by atoms with van der Waals surface area (Å²) in [6.07, 6.45) is 0.792. The van der Waals surface area contributed by atoms with Gasteiger partial charge in [-0.25, -0.2) is 8.42 Å². The van der Waals surface area contributed by atoms with Gasteiger partial charge in [-0.2, -0.15) is 4.31 Å². The first-order chi connectivity index (χ1) is 8.47. The van der Waals surface area contributed by atoms with Gasteiger partial charge in [-0.1, -0.05) is 19.9 Å². The predicted molar refractivity (Wildman–Crippen MR) is 78.4 cm³/mol. The zero-order valence-electron chi connectivity index (χ0n) is 10.5. The third-order valence-electron chi connectivity index (χ3n) is 2.59. The molecule has 6 heteroatoms. The molecule has 0 bridgehead atoms. The number of halogens is 2. The number of hydrogen-bond acceptors (Lipinski definition) is 2. The zero-order chi connectivity index (χ0) is 13.8. The molecule has 0 heterocycles. The number of sulfonamides is 1. The quantitative estimate of drug-likeness (QED) is 0.732. The van der Waals surface area contributed by atoms with E-state index < -0.39 is 10.0 Å². The molecule has 0 aliphatic carbocycles. The van der Waals surface area contributed by atoms with Gasteiger partial charge in [0.1, 0.15) is 0 Å². The fraction of sp³-hybridized carbons (Fsp3) is 0.500. The van der Waals surface area contributed by atoms with E-state index in [4.69, 9.17) is 11.6 Å². The molecule has 0 radical (unpaired) electrons. The van der Waals surface area contributed by atoms with Gasteiger partial charge in [-0.3, -0.25) is 0 Å². The van der Waals surface area contributed by atoms with E-state index in [9.17, 15) is 8.42 Å². The van der Waals surface area contributed by atoms with E-state index in [0.717, 1.165) is 12.0 Å². The van der Waals surface area contributed by atoms with Gasteiger partial charge in [0.15, 0.2) is 0 Å². The molecular weight excluding hydrogens is 338 g/mol. The van der Waals surface area contributed by atoms with E-state index in [1.54, 1.807) is 12.1 Å². The highest BCUT2D eigenvalue weighted by atomic mass is 79.9. The molecule has 1 aromatic rings. The summed E-state index contributed by atoms with van der Waals surface area (Å²) in [6.45, 7) is 4.79.